The minimum absolute atomic E-state index is 0.331. The van der Waals surface area contributed by atoms with Gasteiger partial charge in [-0.05, 0) is 43.5 Å². The number of aliphatic hydroxyl groups is 1. The highest BCUT2D eigenvalue weighted by Gasteiger charge is 2.21. The van der Waals surface area contributed by atoms with Crippen molar-refractivity contribution < 1.29 is 5.11 Å². The summed E-state index contributed by atoms with van der Waals surface area (Å²) in [6.07, 6.45) is 2.92. The fraction of sp³-hybridized carbons (Fsp3) is 0.647. The summed E-state index contributed by atoms with van der Waals surface area (Å²) in [5.74, 6) is 0. The Bertz CT molecular complexity index is 396. The van der Waals surface area contributed by atoms with E-state index in [9.17, 15) is 5.11 Å². The van der Waals surface area contributed by atoms with Crippen LogP contribution in [0.5, 0.6) is 0 Å². The van der Waals surface area contributed by atoms with E-state index in [0.29, 0.717) is 6.04 Å². The van der Waals surface area contributed by atoms with Crippen LogP contribution in [0, 0.1) is 0 Å². The molecule has 1 aliphatic heterocycles. The first-order chi connectivity index (χ1) is 9.65. The molecule has 0 saturated carbocycles. The zero-order valence-electron chi connectivity index (χ0n) is 13.0. The van der Waals surface area contributed by atoms with Crippen LogP contribution in [0.1, 0.15) is 44.8 Å². The zero-order chi connectivity index (χ0) is 14.5. The van der Waals surface area contributed by atoms with Crippen LogP contribution in [0.15, 0.2) is 24.3 Å². The number of anilines is 1. The van der Waals surface area contributed by atoms with E-state index in [1.54, 1.807) is 0 Å². The Balaban J connectivity index is 1.97. The molecule has 20 heavy (non-hydrogen) atoms. The lowest BCUT2D eigenvalue weighted by Gasteiger charge is -2.37. The van der Waals surface area contributed by atoms with Crippen molar-refractivity contribution in [2.45, 2.75) is 45.3 Å². The number of nitrogens with zero attached hydrogens (tertiary/aromatic N) is 2. The molecule has 112 valence electrons. The molecule has 0 aliphatic carbocycles. The summed E-state index contributed by atoms with van der Waals surface area (Å²) in [5, 5.41) is 9.84. The lowest BCUT2D eigenvalue weighted by molar-refractivity contribution is 0.173. The smallest absolute Gasteiger partial charge is 0.0787 e. The van der Waals surface area contributed by atoms with Gasteiger partial charge in [-0.3, -0.25) is 0 Å². The third kappa shape index (κ3) is 3.53. The van der Waals surface area contributed by atoms with Gasteiger partial charge in [-0.15, -0.1) is 0 Å². The van der Waals surface area contributed by atoms with Gasteiger partial charge in [0, 0.05) is 31.9 Å². The van der Waals surface area contributed by atoms with Crippen molar-refractivity contribution in [2.75, 3.05) is 31.6 Å². The fourth-order valence-corrected chi connectivity index (χ4v) is 3.00. The molecule has 0 amide bonds. The highest BCUT2D eigenvalue weighted by Crippen LogP contribution is 2.24. The van der Waals surface area contributed by atoms with E-state index in [2.05, 4.69) is 48.0 Å². The normalized spacial score (nSPS) is 19.0. The van der Waals surface area contributed by atoms with E-state index in [4.69, 9.17) is 0 Å². The van der Waals surface area contributed by atoms with E-state index < -0.39 is 0 Å². The molecule has 1 fully saturated rings. The quantitative estimate of drug-likeness (QED) is 0.895. The van der Waals surface area contributed by atoms with Gasteiger partial charge in [0.15, 0.2) is 0 Å². The summed E-state index contributed by atoms with van der Waals surface area (Å²) in [6, 6.07) is 9.03. The lowest BCUT2D eigenvalue weighted by atomic mass is 10.0. The van der Waals surface area contributed by atoms with E-state index in [-0.39, 0.29) is 6.10 Å². The molecule has 1 N–H and O–H groups in total. The number of hydrogen-bond donors (Lipinski definition) is 1. The minimum atomic E-state index is -0.331. The second-order valence-electron chi connectivity index (χ2n) is 5.79. The second-order valence-corrected chi connectivity index (χ2v) is 5.79. The van der Waals surface area contributed by atoms with Gasteiger partial charge in [0.05, 0.1) is 6.10 Å². The van der Waals surface area contributed by atoms with E-state index >= 15 is 0 Å². The molecule has 1 aromatic carbocycles. The van der Waals surface area contributed by atoms with Gasteiger partial charge in [-0.1, -0.05) is 26.0 Å². The van der Waals surface area contributed by atoms with Crippen molar-refractivity contribution in [2.24, 2.45) is 0 Å². The van der Waals surface area contributed by atoms with Gasteiger partial charge in [0.2, 0.25) is 0 Å². The van der Waals surface area contributed by atoms with Crippen molar-refractivity contribution in [3.63, 3.8) is 0 Å². The Morgan fingerprint density at radius 2 is 1.80 bits per heavy atom. The first kappa shape index (κ1) is 15.3. The maximum absolute atomic E-state index is 9.84. The lowest BCUT2D eigenvalue weighted by Crippen LogP contribution is -2.43. The van der Waals surface area contributed by atoms with Crippen LogP contribution in [-0.4, -0.2) is 42.7 Å². The van der Waals surface area contributed by atoms with Gasteiger partial charge in [0.1, 0.15) is 0 Å². The van der Waals surface area contributed by atoms with Crippen molar-refractivity contribution in [1.29, 1.82) is 0 Å². The molecule has 0 radical (unpaired) electrons. The molecule has 2 rings (SSSR count). The fourth-order valence-electron chi connectivity index (χ4n) is 3.00. The second kappa shape index (κ2) is 7.09. The molecule has 3 heteroatoms. The average molecular weight is 276 g/mol. The Morgan fingerprint density at radius 1 is 1.20 bits per heavy atom. The first-order valence-electron chi connectivity index (χ1n) is 7.88. The molecule has 1 aromatic rings. The molecule has 0 bridgehead atoms. The van der Waals surface area contributed by atoms with Gasteiger partial charge in [-0.2, -0.15) is 0 Å². The Labute approximate surface area is 123 Å². The summed E-state index contributed by atoms with van der Waals surface area (Å²) in [5.41, 5.74) is 2.28. The van der Waals surface area contributed by atoms with Crippen LogP contribution in [0.3, 0.4) is 0 Å². The molecule has 1 aliphatic rings. The first-order valence-corrected chi connectivity index (χ1v) is 7.88. The Morgan fingerprint density at radius 3 is 2.30 bits per heavy atom. The molecule has 1 atom stereocenters. The highest BCUT2D eigenvalue weighted by molar-refractivity contribution is 5.48. The molecule has 1 saturated heterocycles. The van der Waals surface area contributed by atoms with Crippen LogP contribution >= 0.6 is 0 Å². The monoisotopic (exact) mass is 276 g/mol. The van der Waals surface area contributed by atoms with Crippen LogP contribution in [0.4, 0.5) is 5.69 Å². The van der Waals surface area contributed by atoms with Crippen LogP contribution in [0.2, 0.25) is 0 Å². The molecule has 1 heterocycles. The zero-order valence-corrected chi connectivity index (χ0v) is 13.0. The summed E-state index contributed by atoms with van der Waals surface area (Å²) in [4.78, 5) is 4.92. The van der Waals surface area contributed by atoms with Crippen LogP contribution < -0.4 is 4.90 Å². The van der Waals surface area contributed by atoms with Crippen molar-refractivity contribution in [3.8, 4) is 0 Å². The molecular weight excluding hydrogens is 248 g/mol. The summed E-state index contributed by atoms with van der Waals surface area (Å²) >= 11 is 0. The number of rotatable bonds is 5. The topological polar surface area (TPSA) is 26.7 Å². The predicted molar refractivity (Wildman–Crippen MR) is 85.2 cm³/mol. The Kier molecular flexibility index (Phi) is 5.44. The van der Waals surface area contributed by atoms with E-state index in [1.165, 1.54) is 38.2 Å². The SMILES string of the molecule is CCC(O)c1ccc(N(C)C2CCN(CC)CC2)cc1. The van der Waals surface area contributed by atoms with E-state index in [1.807, 2.05) is 6.92 Å². The van der Waals surface area contributed by atoms with Gasteiger partial charge < -0.3 is 14.9 Å². The average Bonchev–Trinajstić information content (AvgIpc) is 2.53. The highest BCUT2D eigenvalue weighted by atomic mass is 16.3. The number of benzene rings is 1. The summed E-state index contributed by atoms with van der Waals surface area (Å²) in [7, 11) is 2.19. The number of likely N-dealkylation sites (tertiary alicyclic amines) is 1. The van der Waals surface area contributed by atoms with Crippen LogP contribution in [-0.2, 0) is 0 Å². The number of piperidine rings is 1. The van der Waals surface area contributed by atoms with Gasteiger partial charge in [0.25, 0.3) is 0 Å². The molecule has 0 spiro atoms. The van der Waals surface area contributed by atoms with Crippen LogP contribution in [0.25, 0.3) is 0 Å². The minimum Gasteiger partial charge on any atom is -0.388 e. The standard InChI is InChI=1S/C17H28N2O/c1-4-17(20)14-6-8-15(9-7-14)18(3)16-10-12-19(5-2)13-11-16/h6-9,16-17,20H,4-5,10-13H2,1-3H3. The largest absolute Gasteiger partial charge is 0.388 e. The third-order valence-electron chi connectivity index (χ3n) is 4.62. The predicted octanol–water partition coefficient (Wildman–Crippen LogP) is 3.05. The maximum atomic E-state index is 9.84. The third-order valence-corrected chi connectivity index (χ3v) is 4.62. The number of aliphatic hydroxyl groups excluding tert-OH is 1. The molecule has 1 unspecified atom stereocenters. The Hall–Kier alpha value is -1.06. The summed E-state index contributed by atoms with van der Waals surface area (Å²) < 4.78 is 0. The van der Waals surface area contributed by atoms with E-state index in [0.717, 1.165) is 12.0 Å². The van der Waals surface area contributed by atoms with Crippen molar-refractivity contribution >= 4 is 5.69 Å². The molecular formula is C17H28N2O. The van der Waals surface area contributed by atoms with Crippen molar-refractivity contribution in [1.82, 2.24) is 4.90 Å². The number of hydrogen-bond acceptors (Lipinski definition) is 3. The van der Waals surface area contributed by atoms with Gasteiger partial charge in [-0.25, -0.2) is 0 Å². The van der Waals surface area contributed by atoms with Crippen molar-refractivity contribution in [3.05, 3.63) is 29.8 Å². The maximum Gasteiger partial charge on any atom is 0.0787 e. The molecule has 0 aromatic heterocycles. The molecule has 3 nitrogen and oxygen atoms in total. The summed E-state index contributed by atoms with van der Waals surface area (Å²) in [6.45, 7) is 7.82. The van der Waals surface area contributed by atoms with Gasteiger partial charge >= 0.3 is 0 Å².